The van der Waals surface area contributed by atoms with Gasteiger partial charge in [-0.25, -0.2) is 14.2 Å². The van der Waals surface area contributed by atoms with Crippen LogP contribution in [-0.4, -0.2) is 46.0 Å². The van der Waals surface area contributed by atoms with E-state index in [9.17, 15) is 19.5 Å². The number of hydrogen-bond donors (Lipinski definition) is 2. The van der Waals surface area contributed by atoms with Gasteiger partial charge in [0.2, 0.25) is 5.91 Å². The Bertz CT molecular complexity index is 978. The summed E-state index contributed by atoms with van der Waals surface area (Å²) in [7, 11) is 0. The van der Waals surface area contributed by atoms with Crippen molar-refractivity contribution >= 4 is 34.6 Å². The molecular weight excluding hydrogens is 400 g/mol. The van der Waals surface area contributed by atoms with E-state index in [4.69, 9.17) is 9.47 Å². The molecule has 0 spiro atoms. The largest absolute Gasteiger partial charge is 0.464 e. The third-order valence-electron chi connectivity index (χ3n) is 4.86. The molecule has 31 heavy (non-hydrogen) atoms. The molecule has 1 unspecified atom stereocenters. The number of nitrogens with one attached hydrogen (secondary N) is 1. The Morgan fingerprint density at radius 3 is 2.29 bits per heavy atom. The smallest absolute Gasteiger partial charge is 0.416 e. The van der Waals surface area contributed by atoms with Gasteiger partial charge in [0.15, 0.2) is 0 Å². The van der Waals surface area contributed by atoms with Gasteiger partial charge in [-0.1, -0.05) is 26.8 Å². The van der Waals surface area contributed by atoms with Crippen molar-refractivity contribution in [2.45, 2.75) is 66.6 Å². The molecule has 1 amide bonds. The Balaban J connectivity index is 2.26. The van der Waals surface area contributed by atoms with Crippen LogP contribution in [0, 0.1) is 5.41 Å². The van der Waals surface area contributed by atoms with Crippen molar-refractivity contribution in [1.82, 2.24) is 4.57 Å². The number of hydrogen-bond acceptors (Lipinski definition) is 5. The lowest BCUT2D eigenvalue weighted by Crippen LogP contribution is -2.30. The monoisotopic (exact) mass is 432 g/mol. The molecule has 2 rings (SSSR count). The molecule has 1 aromatic heterocycles. The fraction of sp³-hybridized carbons (Fsp3) is 0.522. The maximum absolute atomic E-state index is 12.7. The molecular formula is C23H32N2O6. The minimum absolute atomic E-state index is 0.0827. The number of amides is 1. The summed E-state index contributed by atoms with van der Waals surface area (Å²) in [6.45, 7) is 13.5. The Kier molecular flexibility index (Phi) is 7.16. The van der Waals surface area contributed by atoms with E-state index >= 15 is 0 Å². The summed E-state index contributed by atoms with van der Waals surface area (Å²) in [6.07, 6.45) is -1.56. The summed E-state index contributed by atoms with van der Waals surface area (Å²) in [5.41, 5.74) is 0.00467. The summed E-state index contributed by atoms with van der Waals surface area (Å²) < 4.78 is 11.9. The predicted octanol–water partition coefficient (Wildman–Crippen LogP) is 4.90. The number of benzene rings is 1. The standard InChI is InChI=1S/C23H32N2O6/c1-14(22(2,3)4)31-20(27)18-12-15-8-9-16(13-17(15)25(18)21(28)29)24-19(26)10-11-30-23(5,6)7/h8-9,12-14H,10-11H2,1-7H3,(H,24,26)(H,28,29). The van der Waals surface area contributed by atoms with Crippen LogP contribution in [0.25, 0.3) is 10.9 Å². The van der Waals surface area contributed by atoms with Gasteiger partial charge in [0.25, 0.3) is 0 Å². The second-order valence-electron chi connectivity index (χ2n) is 9.59. The van der Waals surface area contributed by atoms with Crippen LogP contribution in [0.5, 0.6) is 0 Å². The topological polar surface area (TPSA) is 107 Å². The maximum Gasteiger partial charge on any atom is 0.416 e. The third-order valence-corrected chi connectivity index (χ3v) is 4.86. The van der Waals surface area contributed by atoms with Gasteiger partial charge in [-0.3, -0.25) is 4.79 Å². The van der Waals surface area contributed by atoms with Gasteiger partial charge >= 0.3 is 12.1 Å². The maximum atomic E-state index is 12.7. The molecule has 1 heterocycles. The van der Waals surface area contributed by atoms with Crippen molar-refractivity contribution in [3.63, 3.8) is 0 Å². The first-order valence-electron chi connectivity index (χ1n) is 10.2. The predicted molar refractivity (Wildman–Crippen MR) is 119 cm³/mol. The zero-order valence-corrected chi connectivity index (χ0v) is 19.2. The van der Waals surface area contributed by atoms with Crippen molar-refractivity contribution in [1.29, 1.82) is 0 Å². The van der Waals surface area contributed by atoms with Crippen molar-refractivity contribution in [3.05, 3.63) is 30.0 Å². The van der Waals surface area contributed by atoms with E-state index in [0.29, 0.717) is 11.1 Å². The first-order chi connectivity index (χ1) is 14.2. The van der Waals surface area contributed by atoms with Crippen molar-refractivity contribution in [3.8, 4) is 0 Å². The number of carboxylic acid groups (broad SMARTS) is 1. The summed E-state index contributed by atoms with van der Waals surface area (Å²) in [5.74, 6) is -0.971. The molecule has 1 atom stereocenters. The van der Waals surface area contributed by atoms with Crippen LogP contribution in [0.2, 0.25) is 0 Å². The summed E-state index contributed by atoms with van der Waals surface area (Å²) >= 11 is 0. The fourth-order valence-electron chi connectivity index (χ4n) is 2.71. The van der Waals surface area contributed by atoms with Gasteiger partial charge in [-0.05, 0) is 51.3 Å². The molecule has 0 saturated heterocycles. The number of fused-ring (bicyclic) bond motifs is 1. The van der Waals surface area contributed by atoms with Crippen LogP contribution in [-0.2, 0) is 14.3 Å². The summed E-state index contributed by atoms with van der Waals surface area (Å²) in [5, 5.41) is 13.0. The minimum Gasteiger partial charge on any atom is -0.464 e. The molecule has 0 aliphatic carbocycles. The van der Waals surface area contributed by atoms with Crippen LogP contribution < -0.4 is 5.32 Å². The molecule has 2 aromatic rings. The average Bonchev–Trinajstić information content (AvgIpc) is 2.98. The number of rotatable bonds is 6. The normalized spacial score (nSPS) is 13.1. The second-order valence-corrected chi connectivity index (χ2v) is 9.59. The first kappa shape index (κ1) is 24.4. The van der Waals surface area contributed by atoms with Gasteiger partial charge in [-0.2, -0.15) is 0 Å². The first-order valence-corrected chi connectivity index (χ1v) is 10.2. The van der Waals surface area contributed by atoms with Crippen LogP contribution in [0.3, 0.4) is 0 Å². The highest BCUT2D eigenvalue weighted by molar-refractivity contribution is 6.03. The summed E-state index contributed by atoms with van der Waals surface area (Å²) in [4.78, 5) is 36.8. The minimum atomic E-state index is -1.31. The number of anilines is 1. The van der Waals surface area contributed by atoms with E-state index in [1.165, 1.54) is 12.1 Å². The molecule has 0 fully saturated rings. The zero-order chi connectivity index (χ0) is 23.6. The van der Waals surface area contributed by atoms with E-state index < -0.39 is 18.2 Å². The van der Waals surface area contributed by atoms with Crippen LogP contribution >= 0.6 is 0 Å². The van der Waals surface area contributed by atoms with E-state index in [0.717, 1.165) is 4.57 Å². The van der Waals surface area contributed by atoms with Crippen molar-refractivity contribution < 1.29 is 29.0 Å². The molecule has 1 aromatic carbocycles. The molecule has 0 aliphatic heterocycles. The Labute approximate surface area is 182 Å². The fourth-order valence-corrected chi connectivity index (χ4v) is 2.71. The molecule has 0 saturated carbocycles. The van der Waals surface area contributed by atoms with E-state index in [1.54, 1.807) is 19.1 Å². The van der Waals surface area contributed by atoms with Gasteiger partial charge in [0, 0.05) is 11.1 Å². The number of carbonyl (C=O) groups is 3. The number of nitrogens with zero attached hydrogens (tertiary/aromatic N) is 1. The van der Waals surface area contributed by atoms with Gasteiger partial charge in [0.05, 0.1) is 24.1 Å². The van der Waals surface area contributed by atoms with Gasteiger partial charge in [-0.15, -0.1) is 0 Å². The molecule has 0 aliphatic rings. The highest BCUT2D eigenvalue weighted by atomic mass is 16.5. The number of ether oxygens (including phenoxy) is 2. The molecule has 0 bridgehead atoms. The van der Waals surface area contributed by atoms with Crippen molar-refractivity contribution in [2.24, 2.45) is 5.41 Å². The highest BCUT2D eigenvalue weighted by Gasteiger charge is 2.28. The Morgan fingerprint density at radius 2 is 1.74 bits per heavy atom. The van der Waals surface area contributed by atoms with Crippen LogP contribution in [0.15, 0.2) is 24.3 Å². The lowest BCUT2D eigenvalue weighted by molar-refractivity contribution is -0.118. The zero-order valence-electron chi connectivity index (χ0n) is 19.2. The van der Waals surface area contributed by atoms with Crippen LogP contribution in [0.4, 0.5) is 10.5 Å². The highest BCUT2D eigenvalue weighted by Crippen LogP contribution is 2.27. The molecule has 170 valence electrons. The molecule has 8 heteroatoms. The lowest BCUT2D eigenvalue weighted by Gasteiger charge is -2.26. The quantitative estimate of drug-likeness (QED) is 0.629. The van der Waals surface area contributed by atoms with Gasteiger partial charge in [0.1, 0.15) is 11.8 Å². The average molecular weight is 433 g/mol. The van der Waals surface area contributed by atoms with Crippen LogP contribution in [0.1, 0.15) is 65.4 Å². The second kappa shape index (κ2) is 9.09. The molecule has 2 N–H and O–H groups in total. The lowest BCUT2D eigenvalue weighted by atomic mass is 9.90. The van der Waals surface area contributed by atoms with Crippen molar-refractivity contribution in [2.75, 3.05) is 11.9 Å². The van der Waals surface area contributed by atoms with E-state index in [2.05, 4.69) is 5.32 Å². The Morgan fingerprint density at radius 1 is 1.10 bits per heavy atom. The number of carbonyl (C=O) groups excluding carboxylic acids is 2. The van der Waals surface area contributed by atoms with E-state index in [1.807, 2.05) is 41.5 Å². The van der Waals surface area contributed by atoms with Gasteiger partial charge < -0.3 is 19.9 Å². The number of aromatic nitrogens is 1. The third kappa shape index (κ3) is 6.55. The molecule has 8 nitrogen and oxygen atoms in total. The molecule has 0 radical (unpaired) electrons. The van der Waals surface area contributed by atoms with E-state index in [-0.39, 0.29) is 41.2 Å². The Hall–Kier alpha value is -2.87. The number of esters is 1. The SMILES string of the molecule is CC(OC(=O)c1cc2ccc(NC(=O)CCOC(C)(C)C)cc2n1C(=O)O)C(C)(C)C. The summed E-state index contributed by atoms with van der Waals surface area (Å²) in [6, 6.07) is 6.31.